The van der Waals surface area contributed by atoms with E-state index in [9.17, 15) is 14.4 Å². The van der Waals surface area contributed by atoms with Crippen LogP contribution in [-0.4, -0.2) is 56.6 Å². The number of piperidine rings is 2. The average molecular weight is 458 g/mol. The number of nitrogens with one attached hydrogen (secondary N) is 1. The molecule has 0 spiro atoms. The number of ether oxygens (including phenoxy) is 1. The quantitative estimate of drug-likeness (QED) is 0.541. The van der Waals surface area contributed by atoms with E-state index >= 15 is 0 Å². The van der Waals surface area contributed by atoms with Gasteiger partial charge in [-0.3, -0.25) is 9.59 Å². The SMILES string of the molecule is CC1(C)CC(=O)N(c2ccc(OC(=O)N3CCC(CSc4ncc[nH]4)CC3)nc2)C(=O)C1. The summed E-state index contributed by atoms with van der Waals surface area (Å²) in [5.41, 5.74) is 0.0588. The number of likely N-dealkylation sites (tertiary alicyclic amines) is 1. The molecule has 2 aliphatic rings. The van der Waals surface area contributed by atoms with Gasteiger partial charge in [0.1, 0.15) is 0 Å². The van der Waals surface area contributed by atoms with Crippen molar-refractivity contribution in [3.63, 3.8) is 0 Å². The Hall–Kier alpha value is -2.88. The van der Waals surface area contributed by atoms with Gasteiger partial charge in [0.2, 0.25) is 17.7 Å². The Labute approximate surface area is 190 Å². The summed E-state index contributed by atoms with van der Waals surface area (Å²) in [6.45, 7) is 5.07. The van der Waals surface area contributed by atoms with Gasteiger partial charge in [-0.25, -0.2) is 19.7 Å². The van der Waals surface area contributed by atoms with Crippen LogP contribution in [0.15, 0.2) is 35.9 Å². The molecule has 2 aromatic rings. The van der Waals surface area contributed by atoms with Crippen LogP contribution in [0.1, 0.15) is 39.5 Å². The zero-order chi connectivity index (χ0) is 22.7. The molecule has 2 aliphatic heterocycles. The first-order valence-corrected chi connectivity index (χ1v) is 11.7. The maximum absolute atomic E-state index is 12.5. The first-order valence-electron chi connectivity index (χ1n) is 10.7. The first kappa shape index (κ1) is 22.3. The third-order valence-corrected chi connectivity index (χ3v) is 6.87. The molecule has 10 heteroatoms. The lowest BCUT2D eigenvalue weighted by molar-refractivity contribution is -0.132. The molecule has 0 aromatic carbocycles. The number of hydrogen-bond donors (Lipinski definition) is 1. The highest BCUT2D eigenvalue weighted by atomic mass is 32.2. The van der Waals surface area contributed by atoms with Crippen molar-refractivity contribution in [2.75, 3.05) is 23.7 Å². The second-order valence-corrected chi connectivity index (χ2v) is 10.0. The Morgan fingerprint density at radius 2 is 1.91 bits per heavy atom. The molecule has 4 rings (SSSR count). The molecular formula is C22H27N5O4S. The second-order valence-electron chi connectivity index (χ2n) is 9.00. The predicted octanol–water partition coefficient (Wildman–Crippen LogP) is 3.49. The lowest BCUT2D eigenvalue weighted by Gasteiger charge is -2.34. The molecule has 2 fully saturated rings. The lowest BCUT2D eigenvalue weighted by atomic mass is 9.81. The minimum atomic E-state index is -0.436. The number of carbonyl (C=O) groups excluding carboxylic acids is 3. The van der Waals surface area contributed by atoms with Crippen LogP contribution in [-0.2, 0) is 9.59 Å². The van der Waals surface area contributed by atoms with E-state index in [-0.39, 0.29) is 23.1 Å². The monoisotopic (exact) mass is 457 g/mol. The van der Waals surface area contributed by atoms with Gasteiger partial charge in [0.05, 0.1) is 11.9 Å². The van der Waals surface area contributed by atoms with E-state index in [4.69, 9.17) is 4.74 Å². The third kappa shape index (κ3) is 5.29. The van der Waals surface area contributed by atoms with Gasteiger partial charge in [-0.1, -0.05) is 25.6 Å². The molecule has 0 saturated carbocycles. The molecule has 0 radical (unpaired) electrons. The Bertz CT molecular complexity index is 949. The topological polar surface area (TPSA) is 108 Å². The van der Waals surface area contributed by atoms with Crippen LogP contribution in [0, 0.1) is 11.3 Å². The highest BCUT2D eigenvalue weighted by molar-refractivity contribution is 7.99. The van der Waals surface area contributed by atoms with Gasteiger partial charge in [0.25, 0.3) is 0 Å². The fourth-order valence-corrected chi connectivity index (χ4v) is 5.01. The van der Waals surface area contributed by atoms with Gasteiger partial charge in [-0.15, -0.1) is 0 Å². The molecule has 0 aliphatic carbocycles. The molecule has 4 heterocycles. The van der Waals surface area contributed by atoms with Crippen molar-refractivity contribution in [3.8, 4) is 5.88 Å². The molecular weight excluding hydrogens is 430 g/mol. The summed E-state index contributed by atoms with van der Waals surface area (Å²) in [6.07, 6.45) is 6.92. The summed E-state index contributed by atoms with van der Waals surface area (Å²) in [4.78, 5) is 51.6. The van der Waals surface area contributed by atoms with E-state index in [0.717, 1.165) is 28.7 Å². The summed E-state index contributed by atoms with van der Waals surface area (Å²) in [6, 6.07) is 3.10. The lowest BCUT2D eigenvalue weighted by Crippen LogP contribution is -2.46. The van der Waals surface area contributed by atoms with Gasteiger partial charge in [0.15, 0.2) is 5.16 Å². The molecule has 2 saturated heterocycles. The van der Waals surface area contributed by atoms with Crippen LogP contribution >= 0.6 is 11.8 Å². The van der Waals surface area contributed by atoms with Crippen LogP contribution in [0.4, 0.5) is 10.5 Å². The Balaban J connectivity index is 1.27. The van der Waals surface area contributed by atoms with Gasteiger partial charge < -0.3 is 14.6 Å². The molecule has 0 bridgehead atoms. The van der Waals surface area contributed by atoms with Crippen molar-refractivity contribution in [3.05, 3.63) is 30.7 Å². The fourth-order valence-electron chi connectivity index (χ4n) is 3.99. The summed E-state index contributed by atoms with van der Waals surface area (Å²) < 4.78 is 5.40. The number of anilines is 1. The van der Waals surface area contributed by atoms with Crippen molar-refractivity contribution in [2.24, 2.45) is 11.3 Å². The number of aromatic nitrogens is 3. The predicted molar refractivity (Wildman–Crippen MR) is 119 cm³/mol. The zero-order valence-corrected chi connectivity index (χ0v) is 19.1. The number of pyridine rings is 1. The Morgan fingerprint density at radius 3 is 2.50 bits per heavy atom. The molecule has 32 heavy (non-hydrogen) atoms. The number of imidazole rings is 1. The van der Waals surface area contributed by atoms with Crippen molar-refractivity contribution >= 4 is 35.4 Å². The normalized spacial score (nSPS) is 19.3. The van der Waals surface area contributed by atoms with Crippen LogP contribution in [0.3, 0.4) is 0 Å². The number of imide groups is 1. The molecule has 2 aromatic heterocycles. The van der Waals surface area contributed by atoms with Crippen molar-refractivity contribution < 1.29 is 19.1 Å². The van der Waals surface area contributed by atoms with E-state index in [1.54, 1.807) is 28.9 Å². The van der Waals surface area contributed by atoms with Gasteiger partial charge in [-0.05, 0) is 30.2 Å². The third-order valence-electron chi connectivity index (χ3n) is 5.73. The summed E-state index contributed by atoms with van der Waals surface area (Å²) in [5.74, 6) is 1.14. The highest BCUT2D eigenvalue weighted by Gasteiger charge is 2.38. The second kappa shape index (κ2) is 9.32. The summed E-state index contributed by atoms with van der Waals surface area (Å²) in [5, 5.41) is 0.915. The van der Waals surface area contributed by atoms with Crippen molar-refractivity contribution in [2.45, 2.75) is 44.7 Å². The first-order chi connectivity index (χ1) is 15.3. The number of hydrogen-bond acceptors (Lipinski definition) is 7. The van der Waals surface area contributed by atoms with Gasteiger partial charge in [-0.2, -0.15) is 0 Å². The number of carbonyl (C=O) groups is 3. The smallest absolute Gasteiger partial charge is 0.391 e. The molecule has 0 atom stereocenters. The number of amides is 3. The maximum atomic E-state index is 12.5. The summed E-state index contributed by atoms with van der Waals surface area (Å²) in [7, 11) is 0. The summed E-state index contributed by atoms with van der Waals surface area (Å²) >= 11 is 1.70. The number of aromatic amines is 1. The molecule has 9 nitrogen and oxygen atoms in total. The number of rotatable bonds is 5. The molecule has 170 valence electrons. The van der Waals surface area contributed by atoms with Crippen LogP contribution in [0.25, 0.3) is 0 Å². The molecule has 1 N–H and O–H groups in total. The van der Waals surface area contributed by atoms with E-state index in [0.29, 0.717) is 37.5 Å². The molecule has 3 amide bonds. The number of thioether (sulfide) groups is 1. The van der Waals surface area contributed by atoms with E-state index in [1.807, 2.05) is 20.0 Å². The fraction of sp³-hybridized carbons (Fsp3) is 0.500. The van der Waals surface area contributed by atoms with E-state index in [2.05, 4.69) is 15.0 Å². The largest absolute Gasteiger partial charge is 0.416 e. The molecule has 0 unspecified atom stereocenters. The highest BCUT2D eigenvalue weighted by Crippen LogP contribution is 2.34. The van der Waals surface area contributed by atoms with Crippen molar-refractivity contribution in [1.29, 1.82) is 0 Å². The Kier molecular flexibility index (Phi) is 6.50. The van der Waals surface area contributed by atoms with Crippen LogP contribution in [0.2, 0.25) is 0 Å². The standard InChI is InChI=1S/C22H27N5O4S/c1-22(2)11-18(28)27(19(29)12-22)16-3-4-17(25-13-16)31-21(30)26-9-5-15(6-10-26)14-32-20-23-7-8-24-20/h3-4,7-8,13,15H,5-6,9-12,14H2,1-2H3,(H,23,24). The van der Waals surface area contributed by atoms with E-state index in [1.165, 1.54) is 12.3 Å². The number of H-pyrrole nitrogens is 1. The Morgan fingerprint density at radius 1 is 1.19 bits per heavy atom. The van der Waals surface area contributed by atoms with Gasteiger partial charge in [0, 0.05) is 50.1 Å². The van der Waals surface area contributed by atoms with Gasteiger partial charge >= 0.3 is 6.09 Å². The van der Waals surface area contributed by atoms with Crippen molar-refractivity contribution in [1.82, 2.24) is 19.9 Å². The number of nitrogens with zero attached hydrogens (tertiary/aromatic N) is 4. The zero-order valence-electron chi connectivity index (χ0n) is 18.2. The average Bonchev–Trinajstić information content (AvgIpc) is 3.26. The minimum absolute atomic E-state index is 0.145. The van der Waals surface area contributed by atoms with Crippen LogP contribution in [0.5, 0.6) is 5.88 Å². The van der Waals surface area contributed by atoms with E-state index < -0.39 is 6.09 Å². The maximum Gasteiger partial charge on any atom is 0.416 e. The minimum Gasteiger partial charge on any atom is -0.391 e. The van der Waals surface area contributed by atoms with Crippen LogP contribution < -0.4 is 9.64 Å².